The summed E-state index contributed by atoms with van der Waals surface area (Å²) in [5.74, 6) is 2.73. The molecule has 0 aromatic heterocycles. The Morgan fingerprint density at radius 2 is 2.09 bits per heavy atom. The normalized spacial score (nSPS) is 34.8. The third kappa shape index (κ3) is 2.08. The zero-order valence-corrected chi connectivity index (χ0v) is 8.01. The van der Waals surface area contributed by atoms with E-state index in [-0.39, 0.29) is 0 Å². The summed E-state index contributed by atoms with van der Waals surface area (Å²) in [6.07, 6.45) is 8.90. The van der Waals surface area contributed by atoms with Crippen molar-refractivity contribution in [3.05, 3.63) is 12.2 Å². The minimum atomic E-state index is 0.803. The predicted octanol–water partition coefficient (Wildman–Crippen LogP) is 3.63. The van der Waals surface area contributed by atoms with E-state index in [2.05, 4.69) is 32.9 Å². The minimum Gasteiger partial charge on any atom is -0.0914 e. The van der Waals surface area contributed by atoms with Crippen molar-refractivity contribution < 1.29 is 0 Å². The van der Waals surface area contributed by atoms with Crippen molar-refractivity contribution in [2.75, 3.05) is 0 Å². The van der Waals surface area contributed by atoms with Gasteiger partial charge >= 0.3 is 0 Å². The third-order valence-electron chi connectivity index (χ3n) is 3.10. The number of hydrogen-bond acceptors (Lipinski definition) is 0. The first-order chi connectivity index (χ1) is 5.25. The molecular formula is C11H20. The molecule has 0 heteroatoms. The van der Waals surface area contributed by atoms with Crippen molar-refractivity contribution in [1.29, 1.82) is 0 Å². The van der Waals surface area contributed by atoms with E-state index in [4.69, 9.17) is 0 Å². The molecule has 0 aromatic carbocycles. The molecule has 1 aliphatic carbocycles. The van der Waals surface area contributed by atoms with Crippen LogP contribution in [0.2, 0.25) is 0 Å². The highest BCUT2D eigenvalue weighted by molar-refractivity contribution is 4.90. The van der Waals surface area contributed by atoms with Gasteiger partial charge in [-0.3, -0.25) is 0 Å². The first-order valence-electron chi connectivity index (χ1n) is 4.88. The van der Waals surface area contributed by atoms with Gasteiger partial charge < -0.3 is 0 Å². The molecule has 0 saturated heterocycles. The zero-order chi connectivity index (χ0) is 8.27. The van der Waals surface area contributed by atoms with Crippen molar-refractivity contribution in [3.63, 3.8) is 0 Å². The van der Waals surface area contributed by atoms with Gasteiger partial charge in [0.2, 0.25) is 0 Å². The fourth-order valence-electron chi connectivity index (χ4n) is 2.40. The highest BCUT2D eigenvalue weighted by Gasteiger charge is 2.26. The topological polar surface area (TPSA) is 0 Å². The Morgan fingerprint density at radius 3 is 2.55 bits per heavy atom. The summed E-state index contributed by atoms with van der Waals surface area (Å²) in [5.41, 5.74) is 0. The van der Waals surface area contributed by atoms with E-state index in [1.165, 1.54) is 19.3 Å². The molecule has 0 nitrogen and oxygen atoms in total. The molecule has 0 unspecified atom stereocenters. The van der Waals surface area contributed by atoms with Crippen molar-refractivity contribution in [2.45, 2.75) is 40.0 Å². The molecule has 0 aliphatic heterocycles. The molecule has 0 spiro atoms. The second-order valence-corrected chi connectivity index (χ2v) is 3.96. The molecule has 1 rings (SSSR count). The van der Waals surface area contributed by atoms with E-state index in [0.717, 1.165) is 17.8 Å². The summed E-state index contributed by atoms with van der Waals surface area (Å²) >= 11 is 0. The Balaban J connectivity index is 2.45. The standard InChI is InChI=1S/C11H20/c1-4-6-9(2)11-8-5-7-10(11)3/h4,6,9-11H,5,7-8H2,1-3H3/t9-,10-,11-/m1/s1. The summed E-state index contributed by atoms with van der Waals surface area (Å²) in [7, 11) is 0. The van der Waals surface area contributed by atoms with Crippen LogP contribution < -0.4 is 0 Å². The van der Waals surface area contributed by atoms with Crippen LogP contribution in [0, 0.1) is 17.8 Å². The molecule has 0 bridgehead atoms. The Labute approximate surface area is 70.7 Å². The van der Waals surface area contributed by atoms with Gasteiger partial charge in [0.05, 0.1) is 0 Å². The maximum atomic E-state index is 2.40. The molecule has 0 aromatic rings. The van der Waals surface area contributed by atoms with Crippen LogP contribution in [-0.4, -0.2) is 0 Å². The molecule has 0 amide bonds. The monoisotopic (exact) mass is 152 g/mol. The Hall–Kier alpha value is -0.260. The summed E-state index contributed by atoms with van der Waals surface area (Å²) in [4.78, 5) is 0. The lowest BCUT2D eigenvalue weighted by Gasteiger charge is -2.19. The van der Waals surface area contributed by atoms with Gasteiger partial charge in [0.25, 0.3) is 0 Å². The predicted molar refractivity (Wildman–Crippen MR) is 50.5 cm³/mol. The van der Waals surface area contributed by atoms with Crippen LogP contribution in [0.15, 0.2) is 12.2 Å². The SMILES string of the molecule is CC=C[C@@H](C)[C@H]1CCC[C@H]1C. The Kier molecular flexibility index (Phi) is 3.16. The summed E-state index contributed by atoms with van der Waals surface area (Å²) in [5, 5.41) is 0. The van der Waals surface area contributed by atoms with Gasteiger partial charge in [0.15, 0.2) is 0 Å². The smallest absolute Gasteiger partial charge is 0.0231 e. The quantitative estimate of drug-likeness (QED) is 0.530. The lowest BCUT2D eigenvalue weighted by Crippen LogP contribution is -2.11. The largest absolute Gasteiger partial charge is 0.0914 e. The lowest BCUT2D eigenvalue weighted by atomic mass is 9.86. The van der Waals surface area contributed by atoms with Gasteiger partial charge in [0.1, 0.15) is 0 Å². The average molecular weight is 152 g/mol. The summed E-state index contributed by atoms with van der Waals surface area (Å²) in [6.45, 7) is 6.88. The zero-order valence-electron chi connectivity index (χ0n) is 8.01. The molecule has 3 atom stereocenters. The fraction of sp³-hybridized carbons (Fsp3) is 0.818. The molecule has 11 heavy (non-hydrogen) atoms. The van der Waals surface area contributed by atoms with Crippen LogP contribution in [-0.2, 0) is 0 Å². The van der Waals surface area contributed by atoms with Crippen molar-refractivity contribution in [3.8, 4) is 0 Å². The first kappa shape index (κ1) is 8.83. The first-order valence-corrected chi connectivity index (χ1v) is 4.88. The molecule has 0 N–H and O–H groups in total. The van der Waals surface area contributed by atoms with Gasteiger partial charge in [-0.1, -0.05) is 38.8 Å². The molecule has 1 fully saturated rings. The van der Waals surface area contributed by atoms with E-state index in [1.54, 1.807) is 0 Å². The molecule has 1 aliphatic rings. The second kappa shape index (κ2) is 3.94. The third-order valence-corrected chi connectivity index (χ3v) is 3.10. The summed E-state index contributed by atoms with van der Waals surface area (Å²) in [6, 6.07) is 0. The van der Waals surface area contributed by atoms with E-state index in [0.29, 0.717) is 0 Å². The van der Waals surface area contributed by atoms with Crippen LogP contribution in [0.4, 0.5) is 0 Å². The molecule has 1 saturated carbocycles. The lowest BCUT2D eigenvalue weighted by molar-refractivity contribution is 0.341. The van der Waals surface area contributed by atoms with Crippen LogP contribution >= 0.6 is 0 Å². The number of hydrogen-bond donors (Lipinski definition) is 0. The average Bonchev–Trinajstić information content (AvgIpc) is 2.36. The van der Waals surface area contributed by atoms with E-state index >= 15 is 0 Å². The van der Waals surface area contributed by atoms with Gasteiger partial charge in [-0.2, -0.15) is 0 Å². The number of rotatable bonds is 2. The fourth-order valence-corrected chi connectivity index (χ4v) is 2.40. The van der Waals surface area contributed by atoms with Crippen LogP contribution in [0.5, 0.6) is 0 Å². The van der Waals surface area contributed by atoms with E-state index in [9.17, 15) is 0 Å². The van der Waals surface area contributed by atoms with Crippen molar-refractivity contribution >= 4 is 0 Å². The van der Waals surface area contributed by atoms with Crippen molar-refractivity contribution in [2.24, 2.45) is 17.8 Å². The molecule has 0 heterocycles. The summed E-state index contributed by atoms with van der Waals surface area (Å²) < 4.78 is 0. The maximum Gasteiger partial charge on any atom is -0.0231 e. The van der Waals surface area contributed by atoms with Gasteiger partial charge in [-0.15, -0.1) is 0 Å². The Bertz CT molecular complexity index is 135. The van der Waals surface area contributed by atoms with Crippen LogP contribution in [0.3, 0.4) is 0 Å². The van der Waals surface area contributed by atoms with Crippen LogP contribution in [0.1, 0.15) is 40.0 Å². The second-order valence-electron chi connectivity index (χ2n) is 3.96. The highest BCUT2D eigenvalue weighted by atomic mass is 14.3. The molecular weight excluding hydrogens is 132 g/mol. The van der Waals surface area contributed by atoms with E-state index < -0.39 is 0 Å². The van der Waals surface area contributed by atoms with Gasteiger partial charge in [-0.05, 0) is 31.1 Å². The van der Waals surface area contributed by atoms with Gasteiger partial charge in [-0.25, -0.2) is 0 Å². The van der Waals surface area contributed by atoms with E-state index in [1.807, 2.05) is 0 Å². The van der Waals surface area contributed by atoms with Gasteiger partial charge in [0, 0.05) is 0 Å². The highest BCUT2D eigenvalue weighted by Crippen LogP contribution is 2.36. The number of allylic oxidation sites excluding steroid dienone is 2. The minimum absolute atomic E-state index is 0.803. The molecule has 64 valence electrons. The van der Waals surface area contributed by atoms with Crippen LogP contribution in [0.25, 0.3) is 0 Å². The maximum absolute atomic E-state index is 2.40. The Morgan fingerprint density at radius 1 is 1.36 bits per heavy atom. The van der Waals surface area contributed by atoms with Crippen molar-refractivity contribution in [1.82, 2.24) is 0 Å². The molecule has 0 radical (unpaired) electrons.